The topological polar surface area (TPSA) is 76.4 Å². The first-order chi connectivity index (χ1) is 13.6. The van der Waals surface area contributed by atoms with Crippen molar-refractivity contribution in [3.8, 4) is 5.75 Å². The number of hydrogen-bond donors (Lipinski definition) is 2. The summed E-state index contributed by atoms with van der Waals surface area (Å²) in [6, 6.07) is 8.41. The average Bonchev–Trinajstić information content (AvgIpc) is 3.12. The van der Waals surface area contributed by atoms with Crippen LogP contribution < -0.4 is 15.4 Å². The van der Waals surface area contributed by atoms with Gasteiger partial charge in [-0.15, -0.1) is 24.0 Å². The molecule has 1 unspecified atom stereocenters. The third-order valence-electron chi connectivity index (χ3n) is 4.92. The molecule has 0 fully saturated rings. The summed E-state index contributed by atoms with van der Waals surface area (Å²) < 4.78 is 7.89. The van der Waals surface area contributed by atoms with Crippen LogP contribution in [-0.2, 0) is 13.0 Å². The molecule has 0 bridgehead atoms. The van der Waals surface area contributed by atoms with Crippen LogP contribution in [-0.4, -0.2) is 47.0 Å². The third-order valence-corrected chi connectivity index (χ3v) is 4.92. The highest BCUT2D eigenvalue weighted by molar-refractivity contribution is 14.0. The second kappa shape index (κ2) is 11.4. The zero-order valence-corrected chi connectivity index (χ0v) is 20.1. The molecule has 1 aromatic carbocycles. The van der Waals surface area contributed by atoms with Gasteiger partial charge in [-0.3, -0.25) is 4.99 Å². The van der Waals surface area contributed by atoms with Gasteiger partial charge in [0.15, 0.2) is 11.8 Å². The molecule has 0 saturated heterocycles. The van der Waals surface area contributed by atoms with Gasteiger partial charge < -0.3 is 15.4 Å². The Balaban J connectivity index is 0.00000300. The van der Waals surface area contributed by atoms with Crippen LogP contribution >= 0.6 is 24.0 Å². The maximum atomic E-state index is 5.84. The van der Waals surface area contributed by atoms with Crippen molar-refractivity contribution in [2.75, 3.05) is 20.2 Å². The first kappa shape index (κ1) is 23.4. The molecule has 7 nitrogen and oxygen atoms in total. The number of aromatic nitrogens is 3. The summed E-state index contributed by atoms with van der Waals surface area (Å²) in [4.78, 5) is 9.00. The number of hydrogen-bond acceptors (Lipinski definition) is 4. The van der Waals surface area contributed by atoms with Crippen molar-refractivity contribution in [1.82, 2.24) is 25.4 Å². The smallest absolute Gasteiger partial charge is 0.191 e. The van der Waals surface area contributed by atoms with Gasteiger partial charge >= 0.3 is 0 Å². The van der Waals surface area contributed by atoms with Crippen molar-refractivity contribution < 1.29 is 4.74 Å². The van der Waals surface area contributed by atoms with E-state index < -0.39 is 0 Å². The minimum absolute atomic E-state index is 0. The zero-order chi connectivity index (χ0) is 19.9. The minimum atomic E-state index is 0. The number of nitrogens with zero attached hydrogens (tertiary/aromatic N) is 4. The molecular weight excluding hydrogens is 479 g/mol. The van der Waals surface area contributed by atoms with Crippen molar-refractivity contribution in [3.63, 3.8) is 0 Å². The molecule has 1 aliphatic heterocycles. The van der Waals surface area contributed by atoms with E-state index >= 15 is 0 Å². The quantitative estimate of drug-likeness (QED) is 0.258. The van der Waals surface area contributed by atoms with Gasteiger partial charge in [-0.2, -0.15) is 5.10 Å². The zero-order valence-electron chi connectivity index (χ0n) is 17.8. The highest BCUT2D eigenvalue weighted by atomic mass is 127. The summed E-state index contributed by atoms with van der Waals surface area (Å²) in [5.74, 6) is 4.18. The Hall–Kier alpha value is -1.84. The minimum Gasteiger partial charge on any atom is -0.493 e. The van der Waals surface area contributed by atoms with Gasteiger partial charge in [0, 0.05) is 32.0 Å². The molecule has 0 radical (unpaired) electrons. The van der Waals surface area contributed by atoms with E-state index in [2.05, 4.69) is 52.5 Å². The van der Waals surface area contributed by atoms with Crippen molar-refractivity contribution in [2.24, 2.45) is 4.99 Å². The van der Waals surface area contributed by atoms with Crippen molar-refractivity contribution >= 4 is 29.9 Å². The fourth-order valence-corrected chi connectivity index (χ4v) is 3.26. The predicted octanol–water partition coefficient (Wildman–Crippen LogP) is 3.28. The maximum absolute atomic E-state index is 5.84. The molecule has 8 heteroatoms. The number of nitrogens with one attached hydrogen (secondary N) is 2. The van der Waals surface area contributed by atoms with Crippen LogP contribution in [0.5, 0.6) is 5.75 Å². The van der Waals surface area contributed by atoms with E-state index in [1.54, 1.807) is 7.05 Å². The van der Waals surface area contributed by atoms with Crippen molar-refractivity contribution in [2.45, 2.75) is 58.5 Å². The molecule has 2 N–H and O–H groups in total. The molecule has 1 aliphatic rings. The average molecular weight is 512 g/mol. The summed E-state index contributed by atoms with van der Waals surface area (Å²) in [6.45, 7) is 8.64. The fourth-order valence-electron chi connectivity index (χ4n) is 3.26. The molecule has 0 spiro atoms. The van der Waals surface area contributed by atoms with Gasteiger partial charge in [-0.25, -0.2) is 9.67 Å². The largest absolute Gasteiger partial charge is 0.493 e. The number of para-hydroxylation sites is 1. The Morgan fingerprint density at radius 2 is 2.14 bits per heavy atom. The third kappa shape index (κ3) is 6.58. The number of benzene rings is 1. The van der Waals surface area contributed by atoms with Gasteiger partial charge in [0.2, 0.25) is 0 Å². The Morgan fingerprint density at radius 1 is 1.34 bits per heavy atom. The lowest BCUT2D eigenvalue weighted by Gasteiger charge is -2.25. The van der Waals surface area contributed by atoms with Crippen LogP contribution in [0.1, 0.15) is 49.8 Å². The molecule has 0 amide bonds. The summed E-state index contributed by atoms with van der Waals surface area (Å²) in [7, 11) is 1.81. The van der Waals surface area contributed by atoms with E-state index in [4.69, 9.17) is 4.74 Å². The van der Waals surface area contributed by atoms with Crippen LogP contribution in [0.15, 0.2) is 29.3 Å². The van der Waals surface area contributed by atoms with Crippen LogP contribution in [0, 0.1) is 6.92 Å². The fraction of sp³-hybridized carbons (Fsp3) is 0.571. The van der Waals surface area contributed by atoms with E-state index in [0.29, 0.717) is 18.6 Å². The second-order valence-corrected chi connectivity index (χ2v) is 7.57. The van der Waals surface area contributed by atoms with Crippen LogP contribution in [0.25, 0.3) is 0 Å². The number of aliphatic imine (C=N–C) groups is 1. The molecule has 3 rings (SSSR count). The van der Waals surface area contributed by atoms with Crippen LogP contribution in [0.4, 0.5) is 0 Å². The van der Waals surface area contributed by atoms with E-state index in [9.17, 15) is 0 Å². The van der Waals surface area contributed by atoms with Crippen LogP contribution in [0.2, 0.25) is 0 Å². The first-order valence-electron chi connectivity index (χ1n) is 10.2. The molecule has 29 heavy (non-hydrogen) atoms. The first-order valence-corrected chi connectivity index (χ1v) is 10.2. The van der Waals surface area contributed by atoms with E-state index in [0.717, 1.165) is 55.7 Å². The molecular formula is C21H33IN6O. The van der Waals surface area contributed by atoms with Gasteiger partial charge in [-0.1, -0.05) is 32.0 Å². The lowest BCUT2D eigenvalue weighted by molar-refractivity contribution is 0.309. The normalized spacial score (nSPS) is 16.2. The highest BCUT2D eigenvalue weighted by Crippen LogP contribution is 2.17. The van der Waals surface area contributed by atoms with Gasteiger partial charge in [0.25, 0.3) is 0 Å². The lowest BCUT2D eigenvalue weighted by Crippen LogP contribution is -2.47. The monoisotopic (exact) mass is 512 g/mol. The van der Waals surface area contributed by atoms with E-state index in [1.165, 1.54) is 5.56 Å². The second-order valence-electron chi connectivity index (χ2n) is 7.57. The number of halogens is 1. The van der Waals surface area contributed by atoms with Gasteiger partial charge in [0.1, 0.15) is 11.6 Å². The van der Waals surface area contributed by atoms with Crippen molar-refractivity contribution in [1.29, 1.82) is 0 Å². The standard InChI is InChI=1S/C21H32N6O.HI/c1-15(2)20-25-19-11-10-17(14-27(19)26-20)24-21(22-4)23-12-7-13-28-18-9-6-5-8-16(18)3;/h5-6,8-9,15,17H,7,10-14H2,1-4H3,(H2,22,23,24);1H. The molecule has 1 atom stereocenters. The van der Waals surface area contributed by atoms with E-state index in [-0.39, 0.29) is 24.0 Å². The molecule has 0 aliphatic carbocycles. The number of rotatable bonds is 7. The summed E-state index contributed by atoms with van der Waals surface area (Å²) in [5.41, 5.74) is 1.17. The number of ether oxygens (including phenoxy) is 1. The molecule has 2 heterocycles. The summed E-state index contributed by atoms with van der Waals surface area (Å²) in [6.07, 6.45) is 2.89. The Labute approximate surface area is 190 Å². The lowest BCUT2D eigenvalue weighted by atomic mass is 10.1. The number of fused-ring (bicyclic) bond motifs is 1. The van der Waals surface area contributed by atoms with Gasteiger partial charge in [0.05, 0.1) is 13.2 Å². The Bertz CT molecular complexity index is 804. The Morgan fingerprint density at radius 3 is 2.86 bits per heavy atom. The number of guanidine groups is 1. The molecule has 160 valence electrons. The van der Waals surface area contributed by atoms with Crippen LogP contribution in [0.3, 0.4) is 0 Å². The molecule has 1 aromatic heterocycles. The highest BCUT2D eigenvalue weighted by Gasteiger charge is 2.23. The molecule has 0 saturated carbocycles. The molecule has 2 aromatic rings. The predicted molar refractivity (Wildman–Crippen MR) is 127 cm³/mol. The maximum Gasteiger partial charge on any atom is 0.191 e. The summed E-state index contributed by atoms with van der Waals surface area (Å²) >= 11 is 0. The number of aryl methyl sites for hydroxylation is 2. The van der Waals surface area contributed by atoms with E-state index in [1.807, 2.05) is 22.9 Å². The SMILES string of the molecule is CN=C(NCCCOc1ccccc1C)NC1CCc2nc(C(C)C)nn2C1.I. The Kier molecular flexibility index (Phi) is 9.19. The summed E-state index contributed by atoms with van der Waals surface area (Å²) in [5, 5.41) is 11.5. The van der Waals surface area contributed by atoms with Crippen molar-refractivity contribution in [3.05, 3.63) is 41.5 Å². The van der Waals surface area contributed by atoms with Gasteiger partial charge in [-0.05, 0) is 31.4 Å².